The third kappa shape index (κ3) is 3.34. The van der Waals surface area contributed by atoms with E-state index < -0.39 is 0 Å². The first-order valence-electron chi connectivity index (χ1n) is 7.99. The molecule has 2 fully saturated rings. The maximum absolute atomic E-state index is 5.53. The Kier molecular flexibility index (Phi) is 4.38. The molecule has 3 N–H and O–H groups in total. The summed E-state index contributed by atoms with van der Waals surface area (Å²) in [6.45, 7) is 6.33. The molecular weight excluding hydrogens is 266 g/mol. The van der Waals surface area contributed by atoms with Crippen molar-refractivity contribution < 1.29 is 0 Å². The van der Waals surface area contributed by atoms with Crippen molar-refractivity contribution in [3.8, 4) is 0 Å². The van der Waals surface area contributed by atoms with Gasteiger partial charge in [0.25, 0.3) is 0 Å². The normalized spacial score (nSPS) is 23.2. The number of nitrogens with two attached hydrogens (primary N) is 1. The Balaban J connectivity index is 1.85. The fourth-order valence-corrected chi connectivity index (χ4v) is 3.17. The van der Waals surface area contributed by atoms with Crippen LogP contribution in [0.1, 0.15) is 39.0 Å². The van der Waals surface area contributed by atoms with Crippen molar-refractivity contribution in [2.75, 3.05) is 41.4 Å². The van der Waals surface area contributed by atoms with Crippen LogP contribution in [0.5, 0.6) is 0 Å². The highest BCUT2D eigenvalue weighted by atomic mass is 15.4. The first-order chi connectivity index (χ1) is 10.3. The zero-order valence-electron chi connectivity index (χ0n) is 12.8. The molecule has 2 saturated heterocycles. The summed E-state index contributed by atoms with van der Waals surface area (Å²) in [4.78, 5) is 18.1. The highest BCUT2D eigenvalue weighted by Gasteiger charge is 2.22. The van der Waals surface area contributed by atoms with E-state index in [0.29, 0.717) is 11.9 Å². The summed E-state index contributed by atoms with van der Waals surface area (Å²) in [7, 11) is 0. The van der Waals surface area contributed by atoms with Gasteiger partial charge >= 0.3 is 0 Å². The van der Waals surface area contributed by atoms with Gasteiger partial charge in [-0.05, 0) is 38.0 Å². The van der Waals surface area contributed by atoms with Gasteiger partial charge in [-0.3, -0.25) is 5.43 Å². The van der Waals surface area contributed by atoms with Crippen LogP contribution in [0.15, 0.2) is 0 Å². The predicted octanol–water partition coefficient (Wildman–Crippen LogP) is 1.38. The summed E-state index contributed by atoms with van der Waals surface area (Å²) in [5.74, 6) is 8.19. The minimum atomic E-state index is 0.457. The molecule has 3 rings (SSSR count). The van der Waals surface area contributed by atoms with E-state index in [0.717, 1.165) is 38.1 Å². The molecule has 1 atom stereocenters. The maximum atomic E-state index is 5.53. The Morgan fingerprint density at radius 1 is 0.952 bits per heavy atom. The molecule has 1 unspecified atom stereocenters. The van der Waals surface area contributed by atoms with Crippen LogP contribution in [0.25, 0.3) is 0 Å². The van der Waals surface area contributed by atoms with Gasteiger partial charge in [0.15, 0.2) is 0 Å². The minimum Gasteiger partial charge on any atom is -0.341 e. The average molecular weight is 291 g/mol. The topological polar surface area (TPSA) is 83.2 Å². The standard InChI is InChI=1S/C14H25N7/c1-11-6-5-9-21(10-11)14-17-12(19-15)16-13(18-14)20-7-3-2-4-8-20/h11H,2-10,15H2,1H3,(H,16,17,18,19). The van der Waals surface area contributed by atoms with Gasteiger partial charge < -0.3 is 9.80 Å². The number of anilines is 3. The lowest BCUT2D eigenvalue weighted by molar-refractivity contribution is 0.441. The van der Waals surface area contributed by atoms with E-state index in [1.807, 2.05) is 0 Å². The lowest BCUT2D eigenvalue weighted by Gasteiger charge is -2.32. The van der Waals surface area contributed by atoms with Crippen LogP contribution >= 0.6 is 0 Å². The summed E-state index contributed by atoms with van der Waals surface area (Å²) < 4.78 is 0. The van der Waals surface area contributed by atoms with Gasteiger partial charge in [0.1, 0.15) is 0 Å². The van der Waals surface area contributed by atoms with Crippen molar-refractivity contribution in [1.29, 1.82) is 0 Å². The molecule has 3 heterocycles. The van der Waals surface area contributed by atoms with Crippen LogP contribution in [-0.4, -0.2) is 41.1 Å². The summed E-state index contributed by atoms with van der Waals surface area (Å²) >= 11 is 0. The van der Waals surface area contributed by atoms with Crippen LogP contribution in [0.2, 0.25) is 0 Å². The van der Waals surface area contributed by atoms with Crippen LogP contribution in [0.4, 0.5) is 17.8 Å². The van der Waals surface area contributed by atoms with Gasteiger partial charge in [-0.25, -0.2) is 5.84 Å². The molecule has 0 aliphatic carbocycles. The number of aromatic nitrogens is 3. The summed E-state index contributed by atoms with van der Waals surface area (Å²) in [5.41, 5.74) is 2.58. The first-order valence-corrected chi connectivity index (χ1v) is 7.99. The molecule has 116 valence electrons. The molecule has 1 aromatic rings. The van der Waals surface area contributed by atoms with Gasteiger partial charge in [0.05, 0.1) is 0 Å². The molecule has 2 aliphatic heterocycles. The average Bonchev–Trinajstić information content (AvgIpc) is 2.55. The predicted molar refractivity (Wildman–Crippen MR) is 84.3 cm³/mol. The molecule has 0 radical (unpaired) electrons. The lowest BCUT2D eigenvalue weighted by Crippen LogP contribution is -2.37. The fraction of sp³-hybridized carbons (Fsp3) is 0.786. The SMILES string of the molecule is CC1CCCN(c2nc(NN)nc(N3CCCCC3)n2)C1. The summed E-state index contributed by atoms with van der Waals surface area (Å²) in [6.07, 6.45) is 6.17. The van der Waals surface area contributed by atoms with Gasteiger partial charge in [-0.15, -0.1) is 0 Å². The second kappa shape index (κ2) is 6.43. The van der Waals surface area contributed by atoms with Crippen molar-refractivity contribution >= 4 is 17.8 Å². The van der Waals surface area contributed by atoms with E-state index in [4.69, 9.17) is 10.8 Å². The molecule has 7 nitrogen and oxygen atoms in total. The highest BCUT2D eigenvalue weighted by Crippen LogP contribution is 2.23. The second-order valence-electron chi connectivity index (χ2n) is 6.14. The quantitative estimate of drug-likeness (QED) is 0.643. The first kappa shape index (κ1) is 14.3. The van der Waals surface area contributed by atoms with Gasteiger partial charge in [0, 0.05) is 26.2 Å². The number of piperidine rings is 2. The summed E-state index contributed by atoms with van der Waals surface area (Å²) in [6, 6.07) is 0. The van der Waals surface area contributed by atoms with Crippen LogP contribution in [0, 0.1) is 5.92 Å². The van der Waals surface area contributed by atoms with Crippen molar-refractivity contribution in [3.63, 3.8) is 0 Å². The van der Waals surface area contributed by atoms with Gasteiger partial charge in [-0.1, -0.05) is 6.92 Å². The largest absolute Gasteiger partial charge is 0.341 e. The lowest BCUT2D eigenvalue weighted by atomic mass is 10.0. The van der Waals surface area contributed by atoms with Crippen molar-refractivity contribution in [1.82, 2.24) is 15.0 Å². The Morgan fingerprint density at radius 3 is 2.29 bits per heavy atom. The smallest absolute Gasteiger partial charge is 0.243 e. The Morgan fingerprint density at radius 2 is 1.62 bits per heavy atom. The zero-order valence-corrected chi connectivity index (χ0v) is 12.8. The number of hydrogen-bond donors (Lipinski definition) is 2. The molecule has 7 heteroatoms. The van der Waals surface area contributed by atoms with E-state index in [9.17, 15) is 0 Å². The number of hydrazine groups is 1. The van der Waals surface area contributed by atoms with Gasteiger partial charge in [0.2, 0.25) is 17.8 Å². The molecule has 2 aliphatic rings. The molecule has 0 aromatic carbocycles. The number of rotatable bonds is 3. The van der Waals surface area contributed by atoms with Crippen molar-refractivity contribution in [2.24, 2.45) is 11.8 Å². The Bertz CT molecular complexity index is 472. The number of hydrogen-bond acceptors (Lipinski definition) is 7. The van der Waals surface area contributed by atoms with E-state index in [-0.39, 0.29) is 0 Å². The highest BCUT2D eigenvalue weighted by molar-refractivity contribution is 5.45. The van der Waals surface area contributed by atoms with E-state index in [1.54, 1.807) is 0 Å². The molecule has 0 saturated carbocycles. The van der Waals surface area contributed by atoms with Crippen LogP contribution < -0.4 is 21.1 Å². The van der Waals surface area contributed by atoms with Crippen molar-refractivity contribution in [2.45, 2.75) is 39.0 Å². The number of nitrogen functional groups attached to an aromatic ring is 1. The molecule has 0 spiro atoms. The molecule has 21 heavy (non-hydrogen) atoms. The fourth-order valence-electron chi connectivity index (χ4n) is 3.17. The Labute approximate surface area is 125 Å². The van der Waals surface area contributed by atoms with Gasteiger partial charge in [-0.2, -0.15) is 15.0 Å². The third-order valence-electron chi connectivity index (χ3n) is 4.32. The minimum absolute atomic E-state index is 0.457. The van der Waals surface area contributed by atoms with E-state index >= 15 is 0 Å². The summed E-state index contributed by atoms with van der Waals surface area (Å²) in [5, 5.41) is 0. The molecular formula is C14H25N7. The monoisotopic (exact) mass is 291 g/mol. The van der Waals surface area contributed by atoms with E-state index in [2.05, 4.69) is 32.1 Å². The van der Waals surface area contributed by atoms with E-state index in [1.165, 1.54) is 32.1 Å². The zero-order chi connectivity index (χ0) is 14.7. The number of nitrogens with zero attached hydrogens (tertiary/aromatic N) is 5. The molecule has 0 bridgehead atoms. The number of nitrogens with one attached hydrogen (secondary N) is 1. The molecule has 1 aromatic heterocycles. The van der Waals surface area contributed by atoms with Crippen molar-refractivity contribution in [3.05, 3.63) is 0 Å². The maximum Gasteiger partial charge on any atom is 0.243 e. The second-order valence-corrected chi connectivity index (χ2v) is 6.14. The van der Waals surface area contributed by atoms with Crippen LogP contribution in [0.3, 0.4) is 0 Å². The molecule has 0 amide bonds. The van der Waals surface area contributed by atoms with Crippen LogP contribution in [-0.2, 0) is 0 Å². The third-order valence-corrected chi connectivity index (χ3v) is 4.32. The Hall–Kier alpha value is -1.63.